The molecule has 2 aromatic rings. The minimum absolute atomic E-state index is 0.200. The molecule has 0 unspecified atom stereocenters. The van der Waals surface area contributed by atoms with Crippen LogP contribution in [0.3, 0.4) is 0 Å². The van der Waals surface area contributed by atoms with Gasteiger partial charge in [-0.2, -0.15) is 4.31 Å². The molecule has 0 saturated carbocycles. The van der Waals surface area contributed by atoms with Crippen LogP contribution in [0.25, 0.3) is 0 Å². The SMILES string of the molecule is CCN(CC)S(=O)(=O)c1ccc(N2CCN([C@@H](C(N)=O)c3ccccc3)CC2)nc1. The molecule has 1 aromatic heterocycles. The van der Waals surface area contributed by atoms with Gasteiger partial charge in [0.25, 0.3) is 0 Å². The fourth-order valence-corrected chi connectivity index (χ4v) is 5.23. The Morgan fingerprint density at radius 1 is 1.07 bits per heavy atom. The Morgan fingerprint density at radius 3 is 2.20 bits per heavy atom. The zero-order valence-electron chi connectivity index (χ0n) is 17.4. The van der Waals surface area contributed by atoms with E-state index in [1.165, 1.54) is 10.5 Å². The van der Waals surface area contributed by atoms with Crippen LogP contribution in [0.4, 0.5) is 5.82 Å². The molecule has 1 amide bonds. The minimum atomic E-state index is -3.52. The Kier molecular flexibility index (Phi) is 7.06. The number of nitrogens with two attached hydrogens (primary N) is 1. The van der Waals surface area contributed by atoms with Gasteiger partial charge in [-0.1, -0.05) is 44.2 Å². The predicted octanol–water partition coefficient (Wildman–Crippen LogP) is 1.46. The molecule has 0 radical (unpaired) electrons. The average Bonchev–Trinajstić information content (AvgIpc) is 2.76. The van der Waals surface area contributed by atoms with E-state index in [1.54, 1.807) is 12.1 Å². The lowest BCUT2D eigenvalue weighted by molar-refractivity contribution is -0.123. The summed E-state index contributed by atoms with van der Waals surface area (Å²) < 4.78 is 26.7. The van der Waals surface area contributed by atoms with Gasteiger partial charge in [-0.3, -0.25) is 9.69 Å². The molecule has 9 heteroatoms. The van der Waals surface area contributed by atoms with Crippen molar-refractivity contribution in [1.29, 1.82) is 0 Å². The van der Waals surface area contributed by atoms with Gasteiger partial charge in [-0.05, 0) is 17.7 Å². The summed E-state index contributed by atoms with van der Waals surface area (Å²) in [6.45, 7) is 7.13. The average molecular weight is 432 g/mol. The second-order valence-electron chi connectivity index (χ2n) is 7.18. The highest BCUT2D eigenvalue weighted by Crippen LogP contribution is 2.24. The molecule has 1 aliphatic heterocycles. The quantitative estimate of drug-likeness (QED) is 0.679. The van der Waals surface area contributed by atoms with Crippen molar-refractivity contribution in [2.45, 2.75) is 24.8 Å². The summed E-state index contributed by atoms with van der Waals surface area (Å²) >= 11 is 0. The van der Waals surface area contributed by atoms with Crippen LogP contribution in [0.1, 0.15) is 25.5 Å². The number of hydrogen-bond donors (Lipinski definition) is 1. The largest absolute Gasteiger partial charge is 0.368 e. The molecule has 2 heterocycles. The third kappa shape index (κ3) is 4.63. The van der Waals surface area contributed by atoms with E-state index in [2.05, 4.69) is 14.8 Å². The number of aromatic nitrogens is 1. The first-order chi connectivity index (χ1) is 14.4. The standard InChI is InChI=1S/C21H29N5O3S/c1-3-26(4-2)30(28,29)18-10-11-19(23-16-18)24-12-14-25(15-13-24)20(21(22)27)17-8-6-5-7-9-17/h5-11,16,20H,3-4,12-15H2,1-2H3,(H2,22,27)/t20-/m1/s1. The first-order valence-electron chi connectivity index (χ1n) is 10.2. The van der Waals surface area contributed by atoms with Gasteiger partial charge in [0.15, 0.2) is 0 Å². The zero-order valence-corrected chi connectivity index (χ0v) is 18.3. The van der Waals surface area contributed by atoms with Crippen LogP contribution in [0.15, 0.2) is 53.6 Å². The summed E-state index contributed by atoms with van der Waals surface area (Å²) in [6, 6.07) is 12.4. The Labute approximate surface area is 178 Å². The van der Waals surface area contributed by atoms with Crippen LogP contribution in [-0.2, 0) is 14.8 Å². The molecule has 1 aliphatic rings. The van der Waals surface area contributed by atoms with Gasteiger partial charge in [0, 0.05) is 45.5 Å². The maximum Gasteiger partial charge on any atom is 0.244 e. The van der Waals surface area contributed by atoms with E-state index in [0.29, 0.717) is 39.3 Å². The van der Waals surface area contributed by atoms with Gasteiger partial charge >= 0.3 is 0 Å². The second-order valence-corrected chi connectivity index (χ2v) is 9.12. The summed E-state index contributed by atoms with van der Waals surface area (Å²) in [5, 5.41) is 0. The minimum Gasteiger partial charge on any atom is -0.368 e. The molecule has 8 nitrogen and oxygen atoms in total. The molecule has 2 N–H and O–H groups in total. The Bertz CT molecular complexity index is 938. The van der Waals surface area contributed by atoms with Crippen molar-refractivity contribution in [3.05, 3.63) is 54.2 Å². The molecule has 0 aliphatic carbocycles. The van der Waals surface area contributed by atoms with Crippen LogP contribution in [0.2, 0.25) is 0 Å². The van der Waals surface area contributed by atoms with E-state index >= 15 is 0 Å². The fraction of sp³-hybridized carbons (Fsp3) is 0.429. The molecular weight excluding hydrogens is 402 g/mol. The fourth-order valence-electron chi connectivity index (χ4n) is 3.82. The van der Waals surface area contributed by atoms with Crippen LogP contribution in [-0.4, -0.2) is 67.8 Å². The number of amides is 1. The van der Waals surface area contributed by atoms with Crippen molar-refractivity contribution in [3.63, 3.8) is 0 Å². The van der Waals surface area contributed by atoms with Crippen molar-refractivity contribution >= 4 is 21.7 Å². The predicted molar refractivity (Wildman–Crippen MR) is 117 cm³/mol. The number of primary amides is 1. The van der Waals surface area contributed by atoms with Gasteiger partial charge in [0.2, 0.25) is 15.9 Å². The Morgan fingerprint density at radius 2 is 1.70 bits per heavy atom. The molecule has 1 aromatic carbocycles. The molecule has 30 heavy (non-hydrogen) atoms. The highest BCUT2D eigenvalue weighted by Gasteiger charge is 2.29. The van der Waals surface area contributed by atoms with Crippen molar-refractivity contribution in [2.24, 2.45) is 5.73 Å². The normalized spacial score (nSPS) is 16.6. The van der Waals surface area contributed by atoms with Crippen LogP contribution < -0.4 is 10.6 Å². The Hall–Kier alpha value is -2.49. The molecule has 1 saturated heterocycles. The third-order valence-electron chi connectivity index (χ3n) is 5.45. The number of sulfonamides is 1. The van der Waals surface area contributed by atoms with E-state index in [-0.39, 0.29) is 10.8 Å². The highest BCUT2D eigenvalue weighted by molar-refractivity contribution is 7.89. The van der Waals surface area contributed by atoms with Crippen LogP contribution >= 0.6 is 0 Å². The monoisotopic (exact) mass is 431 g/mol. The van der Waals surface area contributed by atoms with Gasteiger partial charge in [-0.15, -0.1) is 0 Å². The first-order valence-corrected chi connectivity index (χ1v) is 11.6. The number of nitrogens with zero attached hydrogens (tertiary/aromatic N) is 4. The lowest BCUT2D eigenvalue weighted by Crippen LogP contribution is -2.50. The lowest BCUT2D eigenvalue weighted by Gasteiger charge is -2.38. The summed E-state index contributed by atoms with van der Waals surface area (Å²) in [4.78, 5) is 20.8. The number of benzene rings is 1. The van der Waals surface area contributed by atoms with Crippen molar-refractivity contribution < 1.29 is 13.2 Å². The van der Waals surface area contributed by atoms with E-state index in [4.69, 9.17) is 5.73 Å². The van der Waals surface area contributed by atoms with Crippen molar-refractivity contribution in [3.8, 4) is 0 Å². The zero-order chi connectivity index (χ0) is 21.7. The molecule has 1 fully saturated rings. The van der Waals surface area contributed by atoms with Crippen molar-refractivity contribution in [2.75, 3.05) is 44.2 Å². The molecule has 1 atom stereocenters. The third-order valence-corrected chi connectivity index (χ3v) is 7.49. The molecule has 0 spiro atoms. The number of anilines is 1. The number of piperazine rings is 1. The molecule has 162 valence electrons. The Balaban J connectivity index is 1.68. The summed E-state index contributed by atoms with van der Waals surface area (Å²) in [6.07, 6.45) is 1.42. The van der Waals surface area contributed by atoms with E-state index in [0.717, 1.165) is 11.4 Å². The molecular formula is C21H29N5O3S. The maximum atomic E-state index is 12.6. The smallest absolute Gasteiger partial charge is 0.244 e. The highest BCUT2D eigenvalue weighted by atomic mass is 32.2. The summed E-state index contributed by atoms with van der Waals surface area (Å²) in [7, 11) is -3.52. The van der Waals surface area contributed by atoms with Gasteiger partial charge in [0.1, 0.15) is 16.8 Å². The van der Waals surface area contributed by atoms with E-state index < -0.39 is 16.1 Å². The number of rotatable bonds is 8. The number of hydrogen-bond acceptors (Lipinski definition) is 6. The topological polar surface area (TPSA) is 99.8 Å². The van der Waals surface area contributed by atoms with Gasteiger partial charge < -0.3 is 10.6 Å². The van der Waals surface area contributed by atoms with E-state index in [9.17, 15) is 13.2 Å². The van der Waals surface area contributed by atoms with Gasteiger partial charge in [0.05, 0.1) is 0 Å². The van der Waals surface area contributed by atoms with Gasteiger partial charge in [-0.25, -0.2) is 13.4 Å². The maximum absolute atomic E-state index is 12.6. The lowest BCUT2D eigenvalue weighted by atomic mass is 10.0. The summed E-state index contributed by atoms with van der Waals surface area (Å²) in [5.74, 6) is 0.363. The van der Waals surface area contributed by atoms with Crippen molar-refractivity contribution in [1.82, 2.24) is 14.2 Å². The van der Waals surface area contributed by atoms with Crippen LogP contribution in [0, 0.1) is 0 Å². The van der Waals surface area contributed by atoms with Crippen LogP contribution in [0.5, 0.6) is 0 Å². The molecule has 3 rings (SSSR count). The summed E-state index contributed by atoms with van der Waals surface area (Å²) in [5.41, 5.74) is 6.57. The second kappa shape index (κ2) is 9.55. The number of carbonyl (C=O) groups is 1. The number of pyridine rings is 1. The first kappa shape index (κ1) is 22.2. The van der Waals surface area contributed by atoms with E-state index in [1.807, 2.05) is 44.2 Å². The molecule has 0 bridgehead atoms. The number of carbonyl (C=O) groups excluding carboxylic acids is 1.